The van der Waals surface area contributed by atoms with Gasteiger partial charge in [0.15, 0.2) is 0 Å². The molecule has 23 heavy (non-hydrogen) atoms. The summed E-state index contributed by atoms with van der Waals surface area (Å²) in [7, 11) is 0. The first-order valence-corrected chi connectivity index (χ1v) is 8.00. The molecule has 0 unspecified atom stereocenters. The highest BCUT2D eigenvalue weighted by Gasteiger charge is 2.35. The number of hydrogen-bond donors (Lipinski definition) is 2. The van der Waals surface area contributed by atoms with Gasteiger partial charge in [0.1, 0.15) is 5.82 Å². The molecule has 0 bridgehead atoms. The van der Waals surface area contributed by atoms with Gasteiger partial charge in [-0.1, -0.05) is 19.4 Å². The fraction of sp³-hybridized carbons (Fsp3) is 0.529. The lowest BCUT2D eigenvalue weighted by Crippen LogP contribution is -2.40. The van der Waals surface area contributed by atoms with E-state index in [1.807, 2.05) is 6.92 Å². The Bertz CT molecular complexity index is 591. The van der Waals surface area contributed by atoms with Gasteiger partial charge in [0.25, 0.3) is 0 Å². The number of anilines is 1. The quantitative estimate of drug-likeness (QED) is 0.896. The van der Waals surface area contributed by atoms with Crippen molar-refractivity contribution < 1.29 is 14.0 Å². The average Bonchev–Trinajstić information content (AvgIpc) is 2.86. The van der Waals surface area contributed by atoms with Crippen molar-refractivity contribution in [3.8, 4) is 0 Å². The van der Waals surface area contributed by atoms with Gasteiger partial charge in [0.05, 0.1) is 6.04 Å². The first kappa shape index (κ1) is 17.2. The average molecular weight is 321 g/mol. The lowest BCUT2D eigenvalue weighted by Gasteiger charge is -2.18. The molecule has 1 aliphatic heterocycles. The molecule has 0 aromatic heterocycles. The zero-order valence-corrected chi connectivity index (χ0v) is 13.9. The van der Waals surface area contributed by atoms with Crippen LogP contribution in [0.3, 0.4) is 0 Å². The predicted molar refractivity (Wildman–Crippen MR) is 87.7 cm³/mol. The molecule has 0 saturated carbocycles. The molecule has 6 heteroatoms. The van der Waals surface area contributed by atoms with Crippen molar-refractivity contribution >= 4 is 17.6 Å². The van der Waals surface area contributed by atoms with Gasteiger partial charge in [-0.05, 0) is 37.0 Å². The first-order valence-electron chi connectivity index (χ1n) is 8.00. The van der Waals surface area contributed by atoms with Crippen LogP contribution in [0.4, 0.5) is 14.9 Å². The number of nitrogens with zero attached hydrogens (tertiary/aromatic N) is 1. The minimum atomic E-state index is -0.382. The third-order valence-electron chi connectivity index (χ3n) is 4.22. The maximum atomic E-state index is 13.3. The molecular weight excluding hydrogens is 297 g/mol. The first-order chi connectivity index (χ1) is 10.9. The zero-order valence-electron chi connectivity index (χ0n) is 13.9. The molecule has 1 saturated heterocycles. The lowest BCUT2D eigenvalue weighted by molar-refractivity contribution is -0.119. The van der Waals surface area contributed by atoms with Gasteiger partial charge < -0.3 is 15.5 Å². The van der Waals surface area contributed by atoms with Crippen molar-refractivity contribution in [1.29, 1.82) is 0 Å². The van der Waals surface area contributed by atoms with Crippen LogP contribution < -0.4 is 10.6 Å². The van der Waals surface area contributed by atoms with Crippen molar-refractivity contribution in [3.63, 3.8) is 0 Å². The second kappa shape index (κ2) is 7.44. The number of urea groups is 1. The van der Waals surface area contributed by atoms with Crippen LogP contribution in [0.2, 0.25) is 0 Å². The van der Waals surface area contributed by atoms with Gasteiger partial charge in [-0.25, -0.2) is 9.18 Å². The third kappa shape index (κ3) is 4.43. The molecule has 1 heterocycles. The molecule has 3 amide bonds. The maximum Gasteiger partial charge on any atom is 0.321 e. The van der Waals surface area contributed by atoms with Gasteiger partial charge in [0, 0.05) is 25.7 Å². The van der Waals surface area contributed by atoms with Gasteiger partial charge in [-0.2, -0.15) is 0 Å². The zero-order chi connectivity index (χ0) is 17.0. The standard InChI is InChI=1S/C17H24FN3O2/c1-4-5-13-9-21(10-16(13)19-12(3)22)17(23)20-15-8-14(18)7-6-11(15)2/h6-8,13,16H,4-5,9-10H2,1-3H3,(H,19,22)(H,20,23)/t13-,16-/m1/s1. The minimum absolute atomic E-state index is 0.0215. The summed E-state index contributed by atoms with van der Waals surface area (Å²) in [6.45, 7) is 6.47. The van der Waals surface area contributed by atoms with E-state index in [1.165, 1.54) is 19.1 Å². The smallest absolute Gasteiger partial charge is 0.321 e. The van der Waals surface area contributed by atoms with E-state index in [4.69, 9.17) is 0 Å². The number of carbonyl (C=O) groups excluding carboxylic acids is 2. The van der Waals surface area contributed by atoms with Crippen molar-refractivity contribution in [2.45, 2.75) is 39.7 Å². The van der Waals surface area contributed by atoms with E-state index in [1.54, 1.807) is 11.0 Å². The van der Waals surface area contributed by atoms with E-state index < -0.39 is 0 Å². The highest BCUT2D eigenvalue weighted by molar-refractivity contribution is 5.90. The van der Waals surface area contributed by atoms with Crippen LogP contribution in [-0.2, 0) is 4.79 Å². The maximum absolute atomic E-state index is 13.3. The number of amides is 3. The van der Waals surface area contributed by atoms with Crippen LogP contribution in [0.5, 0.6) is 0 Å². The summed E-state index contributed by atoms with van der Waals surface area (Å²) in [4.78, 5) is 25.5. The number of likely N-dealkylation sites (tertiary alicyclic amines) is 1. The van der Waals surface area contributed by atoms with E-state index in [-0.39, 0.29) is 29.7 Å². The molecule has 126 valence electrons. The van der Waals surface area contributed by atoms with E-state index in [9.17, 15) is 14.0 Å². The Hall–Kier alpha value is -2.11. The molecule has 2 atom stereocenters. The highest BCUT2D eigenvalue weighted by atomic mass is 19.1. The van der Waals surface area contributed by atoms with Gasteiger partial charge in [-0.3, -0.25) is 4.79 Å². The molecule has 1 aliphatic rings. The summed E-state index contributed by atoms with van der Waals surface area (Å²) >= 11 is 0. The van der Waals surface area contributed by atoms with Crippen LogP contribution in [0.25, 0.3) is 0 Å². The normalized spacial score (nSPS) is 20.4. The number of aryl methyl sites for hydroxylation is 1. The molecular formula is C17H24FN3O2. The molecule has 5 nitrogen and oxygen atoms in total. The van der Waals surface area contributed by atoms with E-state index in [2.05, 4.69) is 17.6 Å². The molecule has 2 N–H and O–H groups in total. The van der Waals surface area contributed by atoms with Crippen molar-refractivity contribution in [2.75, 3.05) is 18.4 Å². The van der Waals surface area contributed by atoms with Crippen LogP contribution in [-0.4, -0.2) is 36.0 Å². The Kier molecular flexibility index (Phi) is 5.58. The summed E-state index contributed by atoms with van der Waals surface area (Å²) < 4.78 is 13.3. The lowest BCUT2D eigenvalue weighted by atomic mass is 9.98. The number of nitrogens with one attached hydrogen (secondary N) is 2. The van der Waals surface area contributed by atoms with Gasteiger partial charge in [0.2, 0.25) is 5.91 Å². The second-order valence-corrected chi connectivity index (χ2v) is 6.15. The van der Waals surface area contributed by atoms with Crippen LogP contribution in [0.15, 0.2) is 18.2 Å². The summed E-state index contributed by atoms with van der Waals surface area (Å²) in [5.41, 5.74) is 1.28. The fourth-order valence-electron chi connectivity index (χ4n) is 3.05. The Morgan fingerprint density at radius 2 is 2.09 bits per heavy atom. The molecule has 1 aromatic carbocycles. The summed E-state index contributed by atoms with van der Waals surface area (Å²) in [6.07, 6.45) is 1.95. The third-order valence-corrected chi connectivity index (χ3v) is 4.22. The number of rotatable bonds is 4. The van der Waals surface area contributed by atoms with Crippen LogP contribution in [0, 0.1) is 18.7 Å². The van der Waals surface area contributed by atoms with Crippen LogP contribution in [0.1, 0.15) is 32.3 Å². The van der Waals surface area contributed by atoms with E-state index in [0.29, 0.717) is 18.8 Å². The summed E-state index contributed by atoms with van der Waals surface area (Å²) in [5.74, 6) is -0.213. The van der Waals surface area contributed by atoms with Crippen molar-refractivity contribution in [2.24, 2.45) is 5.92 Å². The number of hydrogen-bond acceptors (Lipinski definition) is 2. The van der Waals surface area contributed by atoms with Gasteiger partial charge >= 0.3 is 6.03 Å². The van der Waals surface area contributed by atoms with Crippen molar-refractivity contribution in [1.82, 2.24) is 10.2 Å². The SMILES string of the molecule is CCC[C@@H]1CN(C(=O)Nc2cc(F)ccc2C)C[C@H]1NC(C)=O. The molecule has 1 fully saturated rings. The Morgan fingerprint density at radius 1 is 1.35 bits per heavy atom. The second-order valence-electron chi connectivity index (χ2n) is 6.15. The predicted octanol–water partition coefficient (Wildman–Crippen LogP) is 2.90. The molecule has 2 rings (SSSR count). The van der Waals surface area contributed by atoms with E-state index >= 15 is 0 Å². The molecule has 0 aliphatic carbocycles. The minimum Gasteiger partial charge on any atom is -0.351 e. The van der Waals surface area contributed by atoms with E-state index in [0.717, 1.165) is 18.4 Å². The molecule has 0 spiro atoms. The number of benzene rings is 1. The number of carbonyl (C=O) groups is 2. The monoisotopic (exact) mass is 321 g/mol. The van der Waals surface area contributed by atoms with Crippen LogP contribution >= 0.6 is 0 Å². The fourth-order valence-corrected chi connectivity index (χ4v) is 3.05. The van der Waals surface area contributed by atoms with Crippen molar-refractivity contribution in [3.05, 3.63) is 29.6 Å². The molecule has 0 radical (unpaired) electrons. The molecule has 1 aromatic rings. The summed E-state index contributed by atoms with van der Waals surface area (Å²) in [5, 5.41) is 5.69. The highest BCUT2D eigenvalue weighted by Crippen LogP contribution is 2.23. The summed E-state index contributed by atoms with van der Waals surface area (Å²) in [6, 6.07) is 4.04. The van der Waals surface area contributed by atoms with Gasteiger partial charge in [-0.15, -0.1) is 0 Å². The largest absolute Gasteiger partial charge is 0.351 e. The topological polar surface area (TPSA) is 61.4 Å². The Morgan fingerprint density at radius 3 is 2.74 bits per heavy atom. The Labute approximate surface area is 136 Å². The Balaban J connectivity index is 2.04. The number of halogens is 1.